The number of esters is 2. The molecule has 1 aromatic carbocycles. The van der Waals surface area contributed by atoms with E-state index in [0.717, 1.165) is 30.9 Å². The molecule has 0 aliphatic rings. The summed E-state index contributed by atoms with van der Waals surface area (Å²) in [5.41, 5.74) is 1.68. The van der Waals surface area contributed by atoms with Gasteiger partial charge >= 0.3 is 17.9 Å². The highest BCUT2D eigenvalue weighted by Crippen LogP contribution is 2.06. The van der Waals surface area contributed by atoms with Crippen LogP contribution in [0.3, 0.4) is 0 Å². The van der Waals surface area contributed by atoms with Crippen molar-refractivity contribution < 1.29 is 29.0 Å². The van der Waals surface area contributed by atoms with E-state index in [1.807, 2.05) is 43.3 Å². The first kappa shape index (κ1) is 27.6. The van der Waals surface area contributed by atoms with Gasteiger partial charge in [0.15, 0.2) is 0 Å². The lowest BCUT2D eigenvalue weighted by Crippen LogP contribution is -2.07. The van der Waals surface area contributed by atoms with Gasteiger partial charge in [-0.15, -0.1) is 0 Å². The Hall–Kier alpha value is -3.41. The number of hydrogen-bond donors (Lipinski definition) is 1. The number of ether oxygens (including phenoxy) is 2. The number of unbranched alkanes of at least 4 members (excludes halogenated alkanes) is 1. The van der Waals surface area contributed by atoms with E-state index in [2.05, 4.69) is 20.1 Å². The van der Waals surface area contributed by atoms with E-state index in [-0.39, 0.29) is 18.0 Å². The lowest BCUT2D eigenvalue weighted by Gasteiger charge is -2.02. The summed E-state index contributed by atoms with van der Waals surface area (Å²) in [6, 6.07) is 9.77. The average Bonchev–Trinajstić information content (AvgIpc) is 2.76. The fourth-order valence-corrected chi connectivity index (χ4v) is 1.91. The van der Waals surface area contributed by atoms with E-state index >= 15 is 0 Å². The van der Waals surface area contributed by atoms with E-state index in [4.69, 9.17) is 14.6 Å². The van der Waals surface area contributed by atoms with Crippen LogP contribution in [0.1, 0.15) is 45.1 Å². The molecule has 0 radical (unpaired) electrons. The fraction of sp³-hybridized carbons (Fsp3) is 0.320. The van der Waals surface area contributed by atoms with Gasteiger partial charge in [0.05, 0.1) is 18.8 Å². The Kier molecular flexibility index (Phi) is 15.5. The number of hydrogen-bond acceptors (Lipinski definition) is 5. The molecular formula is C25H32O6. The Bertz CT molecular complexity index is 774. The first-order valence-corrected chi connectivity index (χ1v) is 10.1. The largest absolute Gasteiger partial charge is 0.478 e. The van der Waals surface area contributed by atoms with Crippen LogP contribution >= 0.6 is 0 Å². The molecule has 0 aliphatic carbocycles. The van der Waals surface area contributed by atoms with Gasteiger partial charge in [-0.05, 0) is 30.9 Å². The molecule has 0 aromatic heterocycles. The van der Waals surface area contributed by atoms with E-state index in [1.165, 1.54) is 6.08 Å². The van der Waals surface area contributed by atoms with Crippen LogP contribution in [-0.4, -0.2) is 36.2 Å². The highest BCUT2D eigenvalue weighted by Gasteiger charge is 2.06. The van der Waals surface area contributed by atoms with Gasteiger partial charge in [-0.25, -0.2) is 14.4 Å². The van der Waals surface area contributed by atoms with Crippen molar-refractivity contribution in [1.82, 2.24) is 0 Å². The zero-order valence-corrected chi connectivity index (χ0v) is 18.3. The molecule has 0 saturated heterocycles. The minimum absolute atomic E-state index is 0.203. The molecule has 31 heavy (non-hydrogen) atoms. The Balaban J connectivity index is 0.000000594. The van der Waals surface area contributed by atoms with Gasteiger partial charge < -0.3 is 14.6 Å². The monoisotopic (exact) mass is 428 g/mol. The molecule has 6 nitrogen and oxygen atoms in total. The summed E-state index contributed by atoms with van der Waals surface area (Å²) >= 11 is 0. The van der Waals surface area contributed by atoms with E-state index in [9.17, 15) is 14.4 Å². The summed E-state index contributed by atoms with van der Waals surface area (Å²) < 4.78 is 9.83. The summed E-state index contributed by atoms with van der Waals surface area (Å²) in [7, 11) is 0. The predicted octanol–water partition coefficient (Wildman–Crippen LogP) is 5.13. The maximum atomic E-state index is 11.5. The van der Waals surface area contributed by atoms with Crippen molar-refractivity contribution in [2.75, 3.05) is 13.2 Å². The highest BCUT2D eigenvalue weighted by molar-refractivity contribution is 5.92. The minimum Gasteiger partial charge on any atom is -0.478 e. The van der Waals surface area contributed by atoms with Crippen molar-refractivity contribution >= 4 is 24.0 Å². The summed E-state index contributed by atoms with van der Waals surface area (Å²) in [6.45, 7) is 11.9. The molecular weight excluding hydrogens is 396 g/mol. The molecule has 0 amide bonds. The quantitative estimate of drug-likeness (QED) is 0.215. The van der Waals surface area contributed by atoms with E-state index in [1.54, 1.807) is 6.08 Å². The number of carbonyl (C=O) groups is 3. The smallest absolute Gasteiger partial charge is 0.337 e. The SMILES string of the molecule is C=C(C=Cc1ccccc1)C(=O)OCCCC.C=C(CC=CC(=O)O)C(=O)OCCC. The van der Waals surface area contributed by atoms with Crippen molar-refractivity contribution in [1.29, 1.82) is 0 Å². The van der Waals surface area contributed by atoms with Crippen LogP contribution in [0.15, 0.2) is 72.9 Å². The molecule has 6 heteroatoms. The number of aliphatic carboxylic acids is 1. The Morgan fingerprint density at radius 1 is 0.935 bits per heavy atom. The molecule has 168 valence electrons. The number of carboxylic acids is 1. The first-order valence-electron chi connectivity index (χ1n) is 10.1. The molecule has 0 unspecified atom stereocenters. The molecule has 1 rings (SSSR count). The Labute approximate surface area is 184 Å². The Morgan fingerprint density at radius 2 is 1.58 bits per heavy atom. The lowest BCUT2D eigenvalue weighted by molar-refractivity contribution is -0.139. The van der Waals surface area contributed by atoms with Gasteiger partial charge in [-0.1, -0.05) is 75.9 Å². The molecule has 1 aromatic rings. The van der Waals surface area contributed by atoms with Crippen LogP contribution in [0.2, 0.25) is 0 Å². The van der Waals surface area contributed by atoms with E-state index < -0.39 is 11.9 Å². The van der Waals surface area contributed by atoms with Crippen LogP contribution in [0.25, 0.3) is 6.08 Å². The van der Waals surface area contributed by atoms with Crippen molar-refractivity contribution in [3.05, 3.63) is 78.4 Å². The Morgan fingerprint density at radius 3 is 2.16 bits per heavy atom. The van der Waals surface area contributed by atoms with Crippen LogP contribution in [0, 0.1) is 0 Å². The van der Waals surface area contributed by atoms with Crippen molar-refractivity contribution in [3.63, 3.8) is 0 Å². The zero-order chi connectivity index (χ0) is 23.5. The van der Waals surface area contributed by atoms with Crippen LogP contribution in [-0.2, 0) is 23.9 Å². The third-order valence-electron chi connectivity index (χ3n) is 3.62. The van der Waals surface area contributed by atoms with Gasteiger partial charge in [0.2, 0.25) is 0 Å². The van der Waals surface area contributed by atoms with Gasteiger partial charge in [0.25, 0.3) is 0 Å². The third-order valence-corrected chi connectivity index (χ3v) is 3.62. The molecule has 0 fully saturated rings. The van der Waals surface area contributed by atoms with Crippen LogP contribution < -0.4 is 0 Å². The lowest BCUT2D eigenvalue weighted by atomic mass is 10.2. The number of rotatable bonds is 12. The van der Waals surface area contributed by atoms with Gasteiger partial charge in [0.1, 0.15) is 0 Å². The van der Waals surface area contributed by atoms with Gasteiger partial charge in [0, 0.05) is 11.6 Å². The number of benzene rings is 1. The van der Waals surface area contributed by atoms with Crippen molar-refractivity contribution in [3.8, 4) is 0 Å². The van der Waals surface area contributed by atoms with Crippen LogP contribution in [0.4, 0.5) is 0 Å². The zero-order valence-electron chi connectivity index (χ0n) is 18.3. The number of carbonyl (C=O) groups excluding carboxylic acids is 2. The maximum absolute atomic E-state index is 11.5. The third kappa shape index (κ3) is 15.1. The highest BCUT2D eigenvalue weighted by atomic mass is 16.5. The summed E-state index contributed by atoms with van der Waals surface area (Å²) in [6.07, 6.45) is 8.73. The topological polar surface area (TPSA) is 89.9 Å². The first-order chi connectivity index (χ1) is 14.8. The molecule has 0 saturated carbocycles. The van der Waals surface area contributed by atoms with Crippen molar-refractivity contribution in [2.24, 2.45) is 0 Å². The molecule has 0 bridgehead atoms. The molecule has 0 aliphatic heterocycles. The summed E-state index contributed by atoms with van der Waals surface area (Å²) in [5, 5.41) is 8.27. The standard InChI is InChI=1S/C15H18O2.C10H14O4/c1-3-4-12-17-15(16)13(2)10-11-14-8-6-5-7-9-14;1-3-7-14-10(13)8(2)5-4-6-9(11)12/h5-11H,2-4,12H2,1H3;4,6H,2-3,5,7H2,1H3,(H,11,12). The fourth-order valence-electron chi connectivity index (χ4n) is 1.91. The second-order valence-corrected chi connectivity index (χ2v) is 6.44. The average molecular weight is 429 g/mol. The van der Waals surface area contributed by atoms with Crippen LogP contribution in [0.5, 0.6) is 0 Å². The second-order valence-electron chi connectivity index (χ2n) is 6.44. The molecule has 0 heterocycles. The maximum Gasteiger partial charge on any atom is 0.337 e. The minimum atomic E-state index is -1.04. The second kappa shape index (κ2) is 17.4. The van der Waals surface area contributed by atoms with Crippen molar-refractivity contribution in [2.45, 2.75) is 39.5 Å². The van der Waals surface area contributed by atoms with E-state index in [0.29, 0.717) is 18.8 Å². The van der Waals surface area contributed by atoms with Gasteiger partial charge in [-0.2, -0.15) is 0 Å². The summed E-state index contributed by atoms with van der Waals surface area (Å²) in [5.74, 6) is -1.85. The predicted molar refractivity (Wildman–Crippen MR) is 122 cm³/mol. The number of allylic oxidation sites excluding steroid dienone is 1. The summed E-state index contributed by atoms with van der Waals surface area (Å²) in [4.78, 5) is 32.6. The molecule has 0 spiro atoms. The number of carboxylic acid groups (broad SMARTS) is 1. The molecule has 0 atom stereocenters. The van der Waals surface area contributed by atoms with Gasteiger partial charge in [-0.3, -0.25) is 0 Å². The normalized spacial score (nSPS) is 10.3. The molecule has 1 N–H and O–H groups in total.